The van der Waals surface area contributed by atoms with Crippen LogP contribution in [-0.2, 0) is 65.4 Å². The summed E-state index contributed by atoms with van der Waals surface area (Å²) in [5.41, 5.74) is 0. The molecule has 0 rings (SSSR count). The van der Waals surface area contributed by atoms with Crippen molar-refractivity contribution in [1.82, 2.24) is 0 Å². The van der Waals surface area contributed by atoms with Crippen molar-refractivity contribution in [3.05, 3.63) is 0 Å². The summed E-state index contributed by atoms with van der Waals surface area (Å²) in [6.45, 7) is 14.2. The van der Waals surface area contributed by atoms with Crippen molar-refractivity contribution in [3.63, 3.8) is 0 Å². The van der Waals surface area contributed by atoms with E-state index in [1.165, 1.54) is 161 Å². The van der Waals surface area contributed by atoms with Gasteiger partial charge >= 0.3 is 39.5 Å². The molecule has 3 N–H and O–H groups in total. The molecule has 0 aliphatic rings. The fraction of sp³-hybridized carbons (Fsp3) is 0.944. The van der Waals surface area contributed by atoms with Gasteiger partial charge in [-0.25, -0.2) is 9.13 Å². The molecule has 91 heavy (non-hydrogen) atoms. The third-order valence-corrected chi connectivity index (χ3v) is 19.2. The topological polar surface area (TPSA) is 237 Å². The Morgan fingerprint density at radius 2 is 0.527 bits per heavy atom. The molecule has 0 radical (unpaired) electrons. The lowest BCUT2D eigenvalue weighted by atomic mass is 9.99. The number of esters is 4. The van der Waals surface area contributed by atoms with E-state index >= 15 is 0 Å². The summed E-state index contributed by atoms with van der Waals surface area (Å²) in [5, 5.41) is 10.6. The van der Waals surface area contributed by atoms with Crippen molar-refractivity contribution in [3.8, 4) is 0 Å². The van der Waals surface area contributed by atoms with Gasteiger partial charge in [-0.3, -0.25) is 37.3 Å². The molecule has 0 aliphatic heterocycles. The largest absolute Gasteiger partial charge is 0.472 e. The first-order chi connectivity index (χ1) is 43.7. The summed E-state index contributed by atoms with van der Waals surface area (Å²) in [5.74, 6) is 0.948. The van der Waals surface area contributed by atoms with Crippen LogP contribution in [0.2, 0.25) is 0 Å². The van der Waals surface area contributed by atoms with Crippen LogP contribution in [0.3, 0.4) is 0 Å². The fourth-order valence-corrected chi connectivity index (χ4v) is 12.4. The van der Waals surface area contributed by atoms with E-state index < -0.39 is 97.5 Å². The Bertz CT molecular complexity index is 1800. The maximum Gasteiger partial charge on any atom is 0.472 e. The minimum absolute atomic E-state index is 0.104. The van der Waals surface area contributed by atoms with Crippen molar-refractivity contribution in [2.24, 2.45) is 23.7 Å². The molecule has 0 amide bonds. The van der Waals surface area contributed by atoms with Crippen molar-refractivity contribution in [1.29, 1.82) is 0 Å². The third kappa shape index (κ3) is 63.9. The second kappa shape index (κ2) is 61.6. The Labute approximate surface area is 556 Å². The second-order valence-electron chi connectivity index (χ2n) is 27.4. The van der Waals surface area contributed by atoms with Gasteiger partial charge in [-0.1, -0.05) is 306 Å². The molecule has 0 aromatic rings. The highest BCUT2D eigenvalue weighted by Crippen LogP contribution is 2.45. The van der Waals surface area contributed by atoms with Crippen LogP contribution in [0, 0.1) is 23.7 Å². The summed E-state index contributed by atoms with van der Waals surface area (Å²) in [6, 6.07) is 0. The zero-order valence-electron chi connectivity index (χ0n) is 59.5. The minimum Gasteiger partial charge on any atom is -0.462 e. The summed E-state index contributed by atoms with van der Waals surface area (Å²) in [6.07, 6.45) is 44.3. The number of hydrogen-bond acceptors (Lipinski definition) is 15. The highest BCUT2D eigenvalue weighted by atomic mass is 31.2. The van der Waals surface area contributed by atoms with Gasteiger partial charge in [-0.15, -0.1) is 0 Å². The molecule has 0 spiro atoms. The first-order valence-corrected chi connectivity index (χ1v) is 40.3. The predicted molar refractivity (Wildman–Crippen MR) is 367 cm³/mol. The van der Waals surface area contributed by atoms with E-state index in [2.05, 4.69) is 55.4 Å². The van der Waals surface area contributed by atoms with E-state index in [0.29, 0.717) is 25.7 Å². The van der Waals surface area contributed by atoms with Crippen LogP contribution in [0.1, 0.15) is 357 Å². The minimum atomic E-state index is -4.95. The van der Waals surface area contributed by atoms with Crippen LogP contribution < -0.4 is 0 Å². The molecule has 0 aliphatic carbocycles. The predicted octanol–water partition coefficient (Wildman–Crippen LogP) is 20.5. The molecule has 540 valence electrons. The zero-order valence-corrected chi connectivity index (χ0v) is 61.3. The van der Waals surface area contributed by atoms with E-state index in [4.69, 9.17) is 37.0 Å². The number of rotatable bonds is 69. The summed E-state index contributed by atoms with van der Waals surface area (Å²) >= 11 is 0. The Kier molecular flexibility index (Phi) is 60.3. The molecule has 0 aromatic heterocycles. The smallest absolute Gasteiger partial charge is 0.462 e. The number of unbranched alkanes of at least 4 members (excludes halogenated alkanes) is 33. The summed E-state index contributed by atoms with van der Waals surface area (Å²) in [7, 11) is -9.91. The van der Waals surface area contributed by atoms with Crippen LogP contribution >= 0.6 is 15.6 Å². The maximum atomic E-state index is 13.0. The molecular formula is C72H140O17P2. The number of carbonyl (C=O) groups excluding carboxylic acids is 4. The lowest BCUT2D eigenvalue weighted by Gasteiger charge is -2.21. The Balaban J connectivity index is 5.28. The van der Waals surface area contributed by atoms with E-state index in [1.807, 2.05) is 0 Å². The first kappa shape index (κ1) is 89.1. The Morgan fingerprint density at radius 3 is 0.780 bits per heavy atom. The van der Waals surface area contributed by atoms with E-state index in [9.17, 15) is 43.2 Å². The van der Waals surface area contributed by atoms with Gasteiger partial charge in [0.2, 0.25) is 0 Å². The van der Waals surface area contributed by atoms with Gasteiger partial charge in [0.15, 0.2) is 12.2 Å². The number of phosphoric ester groups is 2. The zero-order chi connectivity index (χ0) is 67.5. The number of carbonyl (C=O) groups is 4. The average molecular weight is 1340 g/mol. The number of phosphoric acid groups is 2. The Morgan fingerprint density at radius 1 is 0.308 bits per heavy atom. The summed E-state index contributed by atoms with van der Waals surface area (Å²) in [4.78, 5) is 72.7. The highest BCUT2D eigenvalue weighted by Gasteiger charge is 2.30. The van der Waals surface area contributed by atoms with Crippen LogP contribution in [0.5, 0.6) is 0 Å². The SMILES string of the molecule is CCC(C)CCCCCCCCCCCCC(=O)OC[C@H](COP(=O)(O)OCC(O)COP(=O)(O)OC[C@@H](COC(=O)CCCCCCCCCCC(C)C)OC(=O)CCCCCCCCCCCC(C)C)OC(=O)CCCCCCCCCCCCC(C)CC. The van der Waals surface area contributed by atoms with Crippen LogP contribution in [0.25, 0.3) is 0 Å². The second-order valence-corrected chi connectivity index (χ2v) is 30.3. The Hall–Kier alpha value is -1.94. The molecule has 0 saturated heterocycles. The third-order valence-electron chi connectivity index (χ3n) is 17.3. The van der Waals surface area contributed by atoms with Gasteiger partial charge in [0.05, 0.1) is 26.4 Å². The fourth-order valence-electron chi connectivity index (χ4n) is 10.8. The maximum absolute atomic E-state index is 13.0. The highest BCUT2D eigenvalue weighted by molar-refractivity contribution is 7.47. The molecule has 0 bridgehead atoms. The molecule has 19 heteroatoms. The molecule has 0 saturated carbocycles. The van der Waals surface area contributed by atoms with Gasteiger partial charge < -0.3 is 33.8 Å². The average Bonchev–Trinajstić information content (AvgIpc) is 3.60. The quantitative estimate of drug-likeness (QED) is 0.0222. The molecule has 0 heterocycles. The monoisotopic (exact) mass is 1340 g/mol. The van der Waals surface area contributed by atoms with E-state index in [-0.39, 0.29) is 25.7 Å². The number of aliphatic hydroxyl groups excluding tert-OH is 1. The van der Waals surface area contributed by atoms with Crippen molar-refractivity contribution in [2.45, 2.75) is 375 Å². The van der Waals surface area contributed by atoms with Crippen molar-refractivity contribution in [2.75, 3.05) is 39.6 Å². The van der Waals surface area contributed by atoms with Gasteiger partial charge in [0, 0.05) is 25.7 Å². The molecule has 0 aromatic carbocycles. The van der Waals surface area contributed by atoms with Crippen LogP contribution in [0.4, 0.5) is 0 Å². The standard InChI is InChI=1S/C72H140O17P2/c1-9-64(7)50-42-34-26-17-11-13-19-28-36-44-52-69(74)82-58-67(88-71(76)54-46-38-30-20-14-12-18-27-35-43-51-65(8)10-2)60-86-90(78,79)84-56-66(73)57-85-91(80,81)87-61-68(59-83-70(75)53-45-37-29-23-22-25-33-41-49-63(5)6)89-72(77)55-47-39-31-21-15-16-24-32-40-48-62(3)4/h62-68,73H,9-61H2,1-8H3,(H,78,79)(H,80,81)/t64?,65?,66?,67-,68-/m1/s1. The number of ether oxygens (including phenoxy) is 4. The van der Waals surface area contributed by atoms with Gasteiger partial charge in [0.1, 0.15) is 19.3 Å². The van der Waals surface area contributed by atoms with E-state index in [1.54, 1.807) is 0 Å². The van der Waals surface area contributed by atoms with Crippen LogP contribution in [0.15, 0.2) is 0 Å². The van der Waals surface area contributed by atoms with Crippen molar-refractivity contribution < 1.29 is 80.2 Å². The van der Waals surface area contributed by atoms with Gasteiger partial charge in [-0.05, 0) is 49.4 Å². The first-order valence-electron chi connectivity index (χ1n) is 37.3. The number of hydrogen-bond donors (Lipinski definition) is 3. The van der Waals surface area contributed by atoms with Gasteiger partial charge in [-0.2, -0.15) is 0 Å². The lowest BCUT2D eigenvalue weighted by molar-refractivity contribution is -0.161. The lowest BCUT2D eigenvalue weighted by Crippen LogP contribution is -2.30. The molecule has 7 atom stereocenters. The molecule has 0 fully saturated rings. The van der Waals surface area contributed by atoms with Gasteiger partial charge in [0.25, 0.3) is 0 Å². The van der Waals surface area contributed by atoms with E-state index in [0.717, 1.165) is 114 Å². The summed E-state index contributed by atoms with van der Waals surface area (Å²) < 4.78 is 68.4. The molecule has 17 nitrogen and oxygen atoms in total. The van der Waals surface area contributed by atoms with Crippen molar-refractivity contribution >= 4 is 39.5 Å². The van der Waals surface area contributed by atoms with Crippen LogP contribution in [-0.4, -0.2) is 96.7 Å². The molecular weight excluding hydrogens is 1200 g/mol. The molecule has 5 unspecified atom stereocenters. The normalized spacial score (nSPS) is 14.8. The number of aliphatic hydroxyl groups is 1.